The average molecular weight is 340 g/mol. The summed E-state index contributed by atoms with van der Waals surface area (Å²) in [5.74, 6) is 0.489. The Kier molecular flexibility index (Phi) is 4.61. The molecule has 0 aliphatic rings. The predicted octanol–water partition coefficient (Wildman–Crippen LogP) is 4.88. The Morgan fingerprint density at radius 3 is 2.74 bits per heavy atom. The maximum atomic E-state index is 11.5. The van der Waals surface area contributed by atoms with Crippen LogP contribution < -0.4 is 4.74 Å². The summed E-state index contributed by atoms with van der Waals surface area (Å²) in [4.78, 5) is 11.5. The number of ketones is 1. The standard InChI is InChI=1S/C15H12BrClO2/c1-10(18)14-8-13(17)5-6-15(14)19-9-11-3-2-4-12(16)7-11/h2-8H,9H2,1H3. The molecule has 0 aliphatic heterocycles. The van der Waals surface area contributed by atoms with Gasteiger partial charge < -0.3 is 4.74 Å². The molecule has 0 unspecified atom stereocenters. The van der Waals surface area contributed by atoms with Crippen molar-refractivity contribution in [1.82, 2.24) is 0 Å². The second-order valence-corrected chi connectivity index (χ2v) is 5.47. The lowest BCUT2D eigenvalue weighted by Gasteiger charge is -2.10. The molecule has 0 radical (unpaired) electrons. The van der Waals surface area contributed by atoms with Gasteiger partial charge in [-0.05, 0) is 42.8 Å². The van der Waals surface area contributed by atoms with Crippen LogP contribution in [-0.2, 0) is 6.61 Å². The Morgan fingerprint density at radius 1 is 1.26 bits per heavy atom. The summed E-state index contributed by atoms with van der Waals surface area (Å²) < 4.78 is 6.69. The summed E-state index contributed by atoms with van der Waals surface area (Å²) in [6, 6.07) is 12.9. The smallest absolute Gasteiger partial charge is 0.163 e. The molecule has 0 N–H and O–H groups in total. The molecular formula is C15H12BrClO2. The third-order valence-corrected chi connectivity index (χ3v) is 3.33. The van der Waals surface area contributed by atoms with Crippen LogP contribution in [0.1, 0.15) is 22.8 Å². The highest BCUT2D eigenvalue weighted by atomic mass is 79.9. The zero-order valence-electron chi connectivity index (χ0n) is 10.3. The quantitative estimate of drug-likeness (QED) is 0.742. The summed E-state index contributed by atoms with van der Waals surface area (Å²) in [5.41, 5.74) is 1.53. The minimum atomic E-state index is -0.0632. The van der Waals surface area contributed by atoms with Gasteiger partial charge in [0.15, 0.2) is 5.78 Å². The molecule has 2 aromatic carbocycles. The highest BCUT2D eigenvalue weighted by Gasteiger charge is 2.09. The lowest BCUT2D eigenvalue weighted by atomic mass is 10.1. The number of carbonyl (C=O) groups excluding carboxylic acids is 1. The highest BCUT2D eigenvalue weighted by Crippen LogP contribution is 2.24. The van der Waals surface area contributed by atoms with Crippen molar-refractivity contribution in [1.29, 1.82) is 0 Å². The fourth-order valence-corrected chi connectivity index (χ4v) is 2.31. The normalized spacial score (nSPS) is 10.3. The topological polar surface area (TPSA) is 26.3 Å². The summed E-state index contributed by atoms with van der Waals surface area (Å²) in [7, 11) is 0. The van der Waals surface area contributed by atoms with Crippen LogP contribution in [0.4, 0.5) is 0 Å². The lowest BCUT2D eigenvalue weighted by Crippen LogP contribution is -2.01. The maximum absolute atomic E-state index is 11.5. The highest BCUT2D eigenvalue weighted by molar-refractivity contribution is 9.10. The van der Waals surface area contributed by atoms with Crippen LogP contribution in [0.25, 0.3) is 0 Å². The molecule has 0 heterocycles. The maximum Gasteiger partial charge on any atom is 0.163 e. The monoisotopic (exact) mass is 338 g/mol. The van der Waals surface area contributed by atoms with E-state index in [-0.39, 0.29) is 5.78 Å². The number of ether oxygens (including phenoxy) is 1. The Bertz CT molecular complexity index is 611. The van der Waals surface area contributed by atoms with Gasteiger partial charge in [0.1, 0.15) is 12.4 Å². The summed E-state index contributed by atoms with van der Waals surface area (Å²) >= 11 is 9.29. The van der Waals surface area contributed by atoms with Gasteiger partial charge in [-0.15, -0.1) is 0 Å². The van der Waals surface area contributed by atoms with E-state index in [9.17, 15) is 4.79 Å². The summed E-state index contributed by atoms with van der Waals surface area (Å²) in [5, 5.41) is 0.528. The van der Waals surface area contributed by atoms with Gasteiger partial charge >= 0.3 is 0 Å². The molecule has 0 aromatic heterocycles. The van der Waals surface area contributed by atoms with Gasteiger partial charge in [-0.1, -0.05) is 39.7 Å². The van der Waals surface area contributed by atoms with Crippen LogP contribution in [0.2, 0.25) is 5.02 Å². The first-order valence-corrected chi connectivity index (χ1v) is 6.91. The van der Waals surface area contributed by atoms with E-state index in [1.165, 1.54) is 6.92 Å². The van der Waals surface area contributed by atoms with Crippen molar-refractivity contribution >= 4 is 33.3 Å². The molecule has 4 heteroatoms. The summed E-state index contributed by atoms with van der Waals surface area (Å²) in [6.45, 7) is 1.90. The fraction of sp³-hybridized carbons (Fsp3) is 0.133. The second kappa shape index (κ2) is 6.22. The van der Waals surface area contributed by atoms with Crippen molar-refractivity contribution in [3.05, 3.63) is 63.1 Å². The molecule has 0 bridgehead atoms. The first kappa shape index (κ1) is 14.1. The molecule has 2 rings (SSSR count). The zero-order valence-corrected chi connectivity index (χ0v) is 12.7. The van der Waals surface area contributed by atoms with Crippen LogP contribution in [-0.4, -0.2) is 5.78 Å². The second-order valence-electron chi connectivity index (χ2n) is 4.12. The molecule has 2 aromatic rings. The zero-order chi connectivity index (χ0) is 13.8. The molecule has 0 atom stereocenters. The molecule has 19 heavy (non-hydrogen) atoms. The first-order chi connectivity index (χ1) is 9.06. The van der Waals surface area contributed by atoms with E-state index in [1.54, 1.807) is 18.2 Å². The molecule has 0 fully saturated rings. The van der Waals surface area contributed by atoms with Crippen LogP contribution >= 0.6 is 27.5 Å². The van der Waals surface area contributed by atoms with Gasteiger partial charge in [-0.2, -0.15) is 0 Å². The molecular weight excluding hydrogens is 328 g/mol. The SMILES string of the molecule is CC(=O)c1cc(Cl)ccc1OCc1cccc(Br)c1. The molecule has 98 valence electrons. The fourth-order valence-electron chi connectivity index (χ4n) is 1.69. The van der Waals surface area contributed by atoms with Crippen molar-refractivity contribution in [2.75, 3.05) is 0 Å². The van der Waals surface area contributed by atoms with Crippen LogP contribution in [0, 0.1) is 0 Å². The summed E-state index contributed by atoms with van der Waals surface area (Å²) in [6.07, 6.45) is 0. The van der Waals surface area contributed by atoms with Gasteiger partial charge in [0.05, 0.1) is 5.56 Å². The molecule has 0 amide bonds. The third-order valence-electron chi connectivity index (χ3n) is 2.60. The van der Waals surface area contributed by atoms with Crippen LogP contribution in [0.15, 0.2) is 46.9 Å². The molecule has 0 aliphatic carbocycles. The Hall–Kier alpha value is -1.32. The molecule has 2 nitrogen and oxygen atoms in total. The van der Waals surface area contributed by atoms with E-state index in [0.717, 1.165) is 10.0 Å². The number of rotatable bonds is 4. The average Bonchev–Trinajstić information content (AvgIpc) is 2.37. The van der Waals surface area contributed by atoms with Crippen molar-refractivity contribution in [2.24, 2.45) is 0 Å². The minimum absolute atomic E-state index is 0.0632. The minimum Gasteiger partial charge on any atom is -0.488 e. The molecule has 0 saturated heterocycles. The Balaban J connectivity index is 2.17. The van der Waals surface area contributed by atoms with E-state index >= 15 is 0 Å². The van der Waals surface area contributed by atoms with Gasteiger partial charge in [-0.3, -0.25) is 4.79 Å². The predicted molar refractivity (Wildman–Crippen MR) is 79.9 cm³/mol. The third kappa shape index (κ3) is 3.82. The number of hydrogen-bond acceptors (Lipinski definition) is 2. The number of carbonyl (C=O) groups is 1. The van der Waals surface area contributed by atoms with Crippen LogP contribution in [0.3, 0.4) is 0 Å². The van der Waals surface area contributed by atoms with Gasteiger partial charge in [-0.25, -0.2) is 0 Å². The largest absolute Gasteiger partial charge is 0.488 e. The van der Waals surface area contributed by atoms with E-state index in [4.69, 9.17) is 16.3 Å². The number of halogens is 2. The van der Waals surface area contributed by atoms with Crippen LogP contribution in [0.5, 0.6) is 5.75 Å². The number of hydrogen-bond donors (Lipinski definition) is 0. The van der Waals surface area contributed by atoms with Crippen molar-refractivity contribution in [2.45, 2.75) is 13.5 Å². The lowest BCUT2D eigenvalue weighted by molar-refractivity contribution is 0.101. The van der Waals surface area contributed by atoms with E-state index < -0.39 is 0 Å². The Morgan fingerprint density at radius 2 is 2.05 bits per heavy atom. The van der Waals surface area contributed by atoms with E-state index in [1.807, 2.05) is 24.3 Å². The number of Topliss-reactive ketones (excluding diaryl/α,β-unsaturated/α-hetero) is 1. The molecule has 0 saturated carbocycles. The van der Waals surface area contributed by atoms with Crippen molar-refractivity contribution < 1.29 is 9.53 Å². The number of benzene rings is 2. The van der Waals surface area contributed by atoms with E-state index in [2.05, 4.69) is 15.9 Å². The molecule has 0 spiro atoms. The van der Waals surface area contributed by atoms with Crippen molar-refractivity contribution in [3.63, 3.8) is 0 Å². The Labute approximate surface area is 125 Å². The first-order valence-electron chi connectivity index (χ1n) is 5.74. The van der Waals surface area contributed by atoms with E-state index in [0.29, 0.717) is 22.9 Å². The van der Waals surface area contributed by atoms with Gasteiger partial charge in [0.2, 0.25) is 0 Å². The van der Waals surface area contributed by atoms with Gasteiger partial charge in [0.25, 0.3) is 0 Å². The van der Waals surface area contributed by atoms with Crippen molar-refractivity contribution in [3.8, 4) is 5.75 Å². The van der Waals surface area contributed by atoms with Gasteiger partial charge in [0, 0.05) is 9.50 Å².